The third kappa shape index (κ3) is 4.25. The summed E-state index contributed by atoms with van der Waals surface area (Å²) in [6.45, 7) is 5.53. The van der Waals surface area contributed by atoms with Crippen LogP contribution in [-0.2, 0) is 10.9 Å². The SMILES string of the molecule is CC(C)(C)OC(=O)N1[C@@H]2CC[C@H]1c1ccc(Nc3ncc(C(F)(F)F)c(NC4CCC4)n3)cc12. The highest BCUT2D eigenvalue weighted by Gasteiger charge is 2.48. The quantitative estimate of drug-likeness (QED) is 0.538. The summed E-state index contributed by atoms with van der Waals surface area (Å²) >= 11 is 0. The number of halogens is 3. The number of aromatic nitrogens is 2. The first kappa shape index (κ1) is 22.7. The Bertz CT molecular complexity index is 1110. The maximum Gasteiger partial charge on any atom is 0.421 e. The minimum atomic E-state index is -4.54. The molecule has 10 heteroatoms. The second-order valence-electron chi connectivity index (χ2n) is 10.2. The van der Waals surface area contributed by atoms with E-state index in [2.05, 4.69) is 20.6 Å². The van der Waals surface area contributed by atoms with Gasteiger partial charge in [-0.25, -0.2) is 9.78 Å². The third-order valence-corrected chi connectivity index (χ3v) is 6.59. The number of nitrogens with one attached hydrogen (secondary N) is 2. The molecule has 34 heavy (non-hydrogen) atoms. The van der Waals surface area contributed by atoms with Gasteiger partial charge < -0.3 is 15.4 Å². The fourth-order valence-corrected chi connectivity index (χ4v) is 4.87. The Kier molecular flexibility index (Phi) is 5.37. The smallest absolute Gasteiger partial charge is 0.421 e. The van der Waals surface area contributed by atoms with Crippen molar-refractivity contribution in [2.24, 2.45) is 0 Å². The molecule has 1 aromatic carbocycles. The van der Waals surface area contributed by atoms with Crippen molar-refractivity contribution < 1.29 is 22.7 Å². The Morgan fingerprint density at radius 1 is 1.09 bits per heavy atom. The topological polar surface area (TPSA) is 79.4 Å². The van der Waals surface area contributed by atoms with Gasteiger partial charge in [-0.3, -0.25) is 4.90 Å². The van der Waals surface area contributed by atoms with Crippen molar-refractivity contribution in [3.63, 3.8) is 0 Å². The van der Waals surface area contributed by atoms with Crippen LogP contribution in [0.25, 0.3) is 0 Å². The lowest BCUT2D eigenvalue weighted by molar-refractivity contribution is -0.137. The van der Waals surface area contributed by atoms with Crippen LogP contribution in [-0.4, -0.2) is 32.6 Å². The van der Waals surface area contributed by atoms with E-state index in [-0.39, 0.29) is 36.0 Å². The predicted octanol–water partition coefficient (Wildman–Crippen LogP) is 6.33. The third-order valence-electron chi connectivity index (χ3n) is 6.59. The highest BCUT2D eigenvalue weighted by Crippen LogP contribution is 2.54. The normalized spacial score (nSPS) is 21.8. The van der Waals surface area contributed by atoms with E-state index in [9.17, 15) is 18.0 Å². The van der Waals surface area contributed by atoms with Crippen molar-refractivity contribution in [2.75, 3.05) is 10.6 Å². The van der Waals surface area contributed by atoms with Gasteiger partial charge in [0.1, 0.15) is 17.0 Å². The fourth-order valence-electron chi connectivity index (χ4n) is 4.87. The molecule has 1 saturated heterocycles. The molecule has 1 aromatic heterocycles. The average Bonchev–Trinajstić information content (AvgIpc) is 3.26. The maximum absolute atomic E-state index is 13.4. The van der Waals surface area contributed by atoms with Crippen LogP contribution < -0.4 is 10.6 Å². The van der Waals surface area contributed by atoms with E-state index in [0.29, 0.717) is 5.69 Å². The van der Waals surface area contributed by atoms with Crippen molar-refractivity contribution in [3.05, 3.63) is 41.1 Å². The van der Waals surface area contributed by atoms with Crippen LogP contribution in [0, 0.1) is 0 Å². The number of benzene rings is 1. The number of ether oxygens (including phenoxy) is 1. The molecule has 1 saturated carbocycles. The van der Waals surface area contributed by atoms with Crippen LogP contribution in [0.1, 0.15) is 81.6 Å². The predicted molar refractivity (Wildman–Crippen MR) is 121 cm³/mol. The molecule has 2 aliphatic heterocycles. The molecule has 0 spiro atoms. The second-order valence-corrected chi connectivity index (χ2v) is 10.2. The van der Waals surface area contributed by atoms with Crippen molar-refractivity contribution in [1.82, 2.24) is 14.9 Å². The minimum absolute atomic E-state index is 0.00164. The van der Waals surface area contributed by atoms with E-state index in [0.717, 1.165) is 49.4 Å². The number of anilines is 3. The molecule has 1 aliphatic carbocycles. The van der Waals surface area contributed by atoms with E-state index >= 15 is 0 Å². The lowest BCUT2D eigenvalue weighted by Crippen LogP contribution is -2.34. The number of carbonyl (C=O) groups is 1. The van der Waals surface area contributed by atoms with Gasteiger partial charge in [-0.2, -0.15) is 18.2 Å². The number of nitrogens with zero attached hydrogens (tertiary/aromatic N) is 3. The summed E-state index contributed by atoms with van der Waals surface area (Å²) in [5.74, 6) is -0.118. The highest BCUT2D eigenvalue weighted by atomic mass is 19.4. The Hall–Kier alpha value is -3.04. The van der Waals surface area contributed by atoms with Gasteiger partial charge in [0, 0.05) is 17.9 Å². The Morgan fingerprint density at radius 2 is 1.79 bits per heavy atom. The summed E-state index contributed by atoms with van der Waals surface area (Å²) in [4.78, 5) is 22.7. The molecule has 7 nitrogen and oxygen atoms in total. The van der Waals surface area contributed by atoms with Crippen LogP contribution in [0.4, 0.5) is 35.4 Å². The summed E-state index contributed by atoms with van der Waals surface area (Å²) in [6, 6.07) is 5.61. The van der Waals surface area contributed by atoms with Crippen LogP contribution in [0.3, 0.4) is 0 Å². The van der Waals surface area contributed by atoms with Crippen molar-refractivity contribution in [2.45, 2.75) is 82.8 Å². The molecule has 1 amide bonds. The molecule has 3 aliphatic rings. The first-order valence-corrected chi connectivity index (χ1v) is 11.6. The lowest BCUT2D eigenvalue weighted by atomic mass is 9.91. The van der Waals surface area contributed by atoms with E-state index in [1.54, 1.807) is 4.90 Å². The Balaban J connectivity index is 1.38. The van der Waals surface area contributed by atoms with Crippen molar-refractivity contribution >= 4 is 23.5 Å². The monoisotopic (exact) mass is 475 g/mol. The van der Waals surface area contributed by atoms with Gasteiger partial charge in [0.05, 0.1) is 12.1 Å². The highest BCUT2D eigenvalue weighted by molar-refractivity contribution is 5.73. The molecule has 2 atom stereocenters. The van der Waals surface area contributed by atoms with Crippen molar-refractivity contribution in [1.29, 1.82) is 0 Å². The number of amides is 1. The number of alkyl halides is 3. The molecular formula is C24H28F3N5O2. The number of fused-ring (bicyclic) bond motifs is 5. The van der Waals surface area contributed by atoms with Gasteiger partial charge in [-0.1, -0.05) is 6.07 Å². The van der Waals surface area contributed by atoms with E-state index in [4.69, 9.17) is 4.74 Å². The number of hydrogen-bond acceptors (Lipinski definition) is 6. The van der Waals surface area contributed by atoms with Gasteiger partial charge in [-0.15, -0.1) is 0 Å². The maximum atomic E-state index is 13.4. The molecule has 0 unspecified atom stereocenters. The molecule has 2 fully saturated rings. The zero-order valence-electron chi connectivity index (χ0n) is 19.4. The molecular weight excluding hydrogens is 447 g/mol. The van der Waals surface area contributed by atoms with Crippen LogP contribution in [0.5, 0.6) is 0 Å². The summed E-state index contributed by atoms with van der Waals surface area (Å²) in [6.07, 6.45) is 0.306. The number of carbonyl (C=O) groups excluding carboxylic acids is 1. The average molecular weight is 476 g/mol. The largest absolute Gasteiger partial charge is 0.444 e. The van der Waals surface area contributed by atoms with Gasteiger partial charge in [-0.05, 0) is 76.1 Å². The summed E-state index contributed by atoms with van der Waals surface area (Å²) < 4.78 is 45.9. The number of rotatable bonds is 4. The fraction of sp³-hybridized carbons (Fsp3) is 0.542. The van der Waals surface area contributed by atoms with Gasteiger partial charge in [0.15, 0.2) is 0 Å². The minimum Gasteiger partial charge on any atom is -0.444 e. The Labute approximate surface area is 196 Å². The molecule has 2 aromatic rings. The number of hydrogen-bond donors (Lipinski definition) is 2. The summed E-state index contributed by atoms with van der Waals surface area (Å²) in [7, 11) is 0. The molecule has 5 rings (SSSR count). The first-order chi connectivity index (χ1) is 16.0. The van der Waals surface area contributed by atoms with Crippen molar-refractivity contribution in [3.8, 4) is 0 Å². The van der Waals surface area contributed by atoms with Gasteiger partial charge in [0.25, 0.3) is 0 Å². The molecule has 2 N–H and O–H groups in total. The van der Waals surface area contributed by atoms with Crippen LogP contribution in [0.15, 0.2) is 24.4 Å². The molecule has 0 radical (unpaired) electrons. The Morgan fingerprint density at radius 3 is 2.41 bits per heavy atom. The molecule has 3 heterocycles. The van der Waals surface area contributed by atoms with Gasteiger partial charge >= 0.3 is 12.3 Å². The van der Waals surface area contributed by atoms with Crippen LogP contribution in [0.2, 0.25) is 0 Å². The summed E-state index contributed by atoms with van der Waals surface area (Å²) in [5, 5.41) is 5.95. The lowest BCUT2D eigenvalue weighted by Gasteiger charge is -2.28. The summed E-state index contributed by atoms with van der Waals surface area (Å²) in [5.41, 5.74) is 1.30. The molecule has 2 bridgehead atoms. The zero-order chi connectivity index (χ0) is 24.3. The second kappa shape index (κ2) is 8.02. The van der Waals surface area contributed by atoms with E-state index < -0.39 is 17.3 Å². The zero-order valence-corrected chi connectivity index (χ0v) is 19.4. The van der Waals surface area contributed by atoms with E-state index in [1.807, 2.05) is 39.0 Å². The van der Waals surface area contributed by atoms with E-state index in [1.165, 1.54) is 0 Å². The van der Waals surface area contributed by atoms with Crippen LogP contribution >= 0.6 is 0 Å². The van der Waals surface area contributed by atoms with Gasteiger partial charge in [0.2, 0.25) is 5.95 Å². The standard InChI is InChI=1S/C24H28F3N5O2/c1-23(2,3)34-22(33)32-18-9-10-19(32)16-11-14(7-8-15(16)18)30-21-28-12-17(24(25,26)27)20(31-21)29-13-5-4-6-13/h7-8,11-13,18-19H,4-6,9-10H2,1-3H3,(H2,28,29,30,31)/t18-,19+/m0/s1. The molecule has 182 valence electrons. The first-order valence-electron chi connectivity index (χ1n) is 11.6.